The van der Waals surface area contributed by atoms with Crippen LogP contribution in [0.25, 0.3) is 16.8 Å². The minimum atomic E-state index is 0.218. The van der Waals surface area contributed by atoms with Crippen LogP contribution in [-0.4, -0.2) is 14.7 Å². The summed E-state index contributed by atoms with van der Waals surface area (Å²) < 4.78 is 1.68. The molecule has 16 heavy (non-hydrogen) atoms. The summed E-state index contributed by atoms with van der Waals surface area (Å²) in [6.07, 6.45) is 1.60. The summed E-state index contributed by atoms with van der Waals surface area (Å²) in [6, 6.07) is 15.5. The topological polar surface area (TPSA) is 37.5 Å². The van der Waals surface area contributed by atoms with Crippen molar-refractivity contribution in [2.24, 2.45) is 0 Å². The van der Waals surface area contributed by atoms with Gasteiger partial charge in [0.05, 0.1) is 17.4 Å². The SMILES string of the molecule is Oc1ccc2cc(-c3ccccc3)nn2c1. The van der Waals surface area contributed by atoms with E-state index in [0.29, 0.717) is 0 Å². The fourth-order valence-electron chi connectivity index (χ4n) is 1.73. The van der Waals surface area contributed by atoms with Gasteiger partial charge in [0, 0.05) is 5.56 Å². The number of hydrogen-bond donors (Lipinski definition) is 1. The number of hydrogen-bond acceptors (Lipinski definition) is 2. The van der Waals surface area contributed by atoms with E-state index < -0.39 is 0 Å². The van der Waals surface area contributed by atoms with Crippen molar-refractivity contribution in [2.45, 2.75) is 0 Å². The van der Waals surface area contributed by atoms with Gasteiger partial charge in [-0.3, -0.25) is 0 Å². The first kappa shape index (κ1) is 8.97. The maximum absolute atomic E-state index is 9.35. The predicted octanol–water partition coefficient (Wildman–Crippen LogP) is 2.71. The smallest absolute Gasteiger partial charge is 0.133 e. The number of aromatic hydroxyl groups is 1. The Kier molecular flexibility index (Phi) is 1.90. The third-order valence-corrected chi connectivity index (χ3v) is 2.51. The van der Waals surface area contributed by atoms with Gasteiger partial charge in [0.2, 0.25) is 0 Å². The first-order valence-electron chi connectivity index (χ1n) is 5.07. The summed E-state index contributed by atoms with van der Waals surface area (Å²) in [5.74, 6) is 0.218. The number of fused-ring (bicyclic) bond motifs is 1. The Hall–Kier alpha value is -2.29. The van der Waals surface area contributed by atoms with Crippen molar-refractivity contribution >= 4 is 5.52 Å². The van der Waals surface area contributed by atoms with Crippen LogP contribution in [0, 0.1) is 0 Å². The number of aromatic nitrogens is 2. The van der Waals surface area contributed by atoms with Gasteiger partial charge in [-0.1, -0.05) is 30.3 Å². The van der Waals surface area contributed by atoms with E-state index in [9.17, 15) is 5.11 Å². The van der Waals surface area contributed by atoms with E-state index in [-0.39, 0.29) is 5.75 Å². The molecule has 0 amide bonds. The van der Waals surface area contributed by atoms with E-state index in [1.165, 1.54) is 0 Å². The second-order valence-electron chi connectivity index (χ2n) is 3.65. The zero-order valence-electron chi connectivity index (χ0n) is 8.54. The Bertz CT molecular complexity index is 629. The largest absolute Gasteiger partial charge is 0.506 e. The maximum Gasteiger partial charge on any atom is 0.133 e. The van der Waals surface area contributed by atoms with E-state index in [4.69, 9.17) is 0 Å². The Labute approximate surface area is 92.6 Å². The summed E-state index contributed by atoms with van der Waals surface area (Å²) in [4.78, 5) is 0. The fraction of sp³-hybridized carbons (Fsp3) is 0. The summed E-state index contributed by atoms with van der Waals surface area (Å²) in [7, 11) is 0. The standard InChI is InChI=1S/C13H10N2O/c16-12-7-6-11-8-13(14-15(11)9-12)10-4-2-1-3-5-10/h1-9,16H. The van der Waals surface area contributed by atoms with E-state index in [1.54, 1.807) is 16.8 Å². The normalized spacial score (nSPS) is 10.8. The second-order valence-corrected chi connectivity index (χ2v) is 3.65. The van der Waals surface area contributed by atoms with Gasteiger partial charge in [0.1, 0.15) is 5.75 Å². The summed E-state index contributed by atoms with van der Waals surface area (Å²) in [6.45, 7) is 0. The first-order chi connectivity index (χ1) is 7.83. The second kappa shape index (κ2) is 3.38. The molecule has 3 heteroatoms. The summed E-state index contributed by atoms with van der Waals surface area (Å²) in [5.41, 5.74) is 2.95. The molecule has 0 spiro atoms. The van der Waals surface area contributed by atoms with Gasteiger partial charge in [0.25, 0.3) is 0 Å². The number of pyridine rings is 1. The minimum absolute atomic E-state index is 0.218. The number of nitrogens with zero attached hydrogens (tertiary/aromatic N) is 2. The van der Waals surface area contributed by atoms with Crippen LogP contribution >= 0.6 is 0 Å². The van der Waals surface area contributed by atoms with Crippen molar-refractivity contribution < 1.29 is 5.11 Å². The van der Waals surface area contributed by atoms with Crippen LogP contribution in [0.5, 0.6) is 5.75 Å². The molecule has 0 saturated carbocycles. The van der Waals surface area contributed by atoms with Gasteiger partial charge in [-0.15, -0.1) is 0 Å². The third-order valence-electron chi connectivity index (χ3n) is 2.51. The summed E-state index contributed by atoms with van der Waals surface area (Å²) in [5, 5.41) is 13.7. The maximum atomic E-state index is 9.35. The average Bonchev–Trinajstić information content (AvgIpc) is 2.73. The van der Waals surface area contributed by atoms with Gasteiger partial charge in [-0.25, -0.2) is 4.52 Å². The Morgan fingerprint density at radius 3 is 2.62 bits per heavy atom. The molecule has 0 aliphatic carbocycles. The molecule has 0 fully saturated rings. The molecule has 1 N–H and O–H groups in total. The Morgan fingerprint density at radius 1 is 1.00 bits per heavy atom. The fourth-order valence-corrected chi connectivity index (χ4v) is 1.73. The van der Waals surface area contributed by atoms with Crippen LogP contribution in [-0.2, 0) is 0 Å². The molecule has 0 saturated heterocycles. The van der Waals surface area contributed by atoms with Crippen molar-refractivity contribution in [1.29, 1.82) is 0 Å². The van der Waals surface area contributed by atoms with Crippen LogP contribution in [0.4, 0.5) is 0 Å². The van der Waals surface area contributed by atoms with Gasteiger partial charge < -0.3 is 5.11 Å². The molecule has 3 nitrogen and oxygen atoms in total. The summed E-state index contributed by atoms with van der Waals surface area (Å²) >= 11 is 0. The van der Waals surface area contributed by atoms with Crippen molar-refractivity contribution in [3.05, 3.63) is 54.7 Å². The molecule has 0 aliphatic rings. The molecular formula is C13H10N2O. The van der Waals surface area contributed by atoms with Crippen LogP contribution in [0.15, 0.2) is 54.7 Å². The molecule has 0 radical (unpaired) electrons. The molecule has 2 heterocycles. The van der Waals surface area contributed by atoms with E-state index >= 15 is 0 Å². The molecule has 1 aromatic carbocycles. The first-order valence-corrected chi connectivity index (χ1v) is 5.07. The highest BCUT2D eigenvalue weighted by Crippen LogP contribution is 2.20. The van der Waals surface area contributed by atoms with Crippen LogP contribution in [0.1, 0.15) is 0 Å². The molecule has 3 rings (SSSR count). The third kappa shape index (κ3) is 1.42. The lowest BCUT2D eigenvalue weighted by atomic mass is 10.1. The van der Waals surface area contributed by atoms with Crippen molar-refractivity contribution in [1.82, 2.24) is 9.61 Å². The molecule has 0 unspecified atom stereocenters. The van der Waals surface area contributed by atoms with Crippen molar-refractivity contribution in [2.75, 3.05) is 0 Å². The molecule has 0 atom stereocenters. The highest BCUT2D eigenvalue weighted by molar-refractivity contribution is 5.66. The lowest BCUT2D eigenvalue weighted by Gasteiger charge is -1.93. The van der Waals surface area contributed by atoms with Crippen LogP contribution in [0.2, 0.25) is 0 Å². The molecule has 78 valence electrons. The number of benzene rings is 1. The zero-order valence-corrected chi connectivity index (χ0v) is 8.54. The highest BCUT2D eigenvalue weighted by atomic mass is 16.3. The highest BCUT2D eigenvalue weighted by Gasteiger charge is 2.03. The van der Waals surface area contributed by atoms with Gasteiger partial charge in [-0.05, 0) is 18.2 Å². The quantitative estimate of drug-likeness (QED) is 0.670. The zero-order chi connectivity index (χ0) is 11.0. The lowest BCUT2D eigenvalue weighted by Crippen LogP contribution is -1.85. The number of rotatable bonds is 1. The van der Waals surface area contributed by atoms with Gasteiger partial charge >= 0.3 is 0 Å². The van der Waals surface area contributed by atoms with E-state index in [1.807, 2.05) is 42.5 Å². The van der Waals surface area contributed by atoms with Crippen LogP contribution < -0.4 is 0 Å². The van der Waals surface area contributed by atoms with Crippen LogP contribution in [0.3, 0.4) is 0 Å². The minimum Gasteiger partial charge on any atom is -0.506 e. The van der Waals surface area contributed by atoms with Gasteiger partial charge in [-0.2, -0.15) is 5.10 Å². The van der Waals surface area contributed by atoms with Gasteiger partial charge in [0.15, 0.2) is 0 Å². The molecule has 2 aromatic heterocycles. The van der Waals surface area contributed by atoms with Crippen molar-refractivity contribution in [3.8, 4) is 17.0 Å². The molecule has 0 aliphatic heterocycles. The van der Waals surface area contributed by atoms with E-state index in [2.05, 4.69) is 5.10 Å². The lowest BCUT2D eigenvalue weighted by molar-refractivity contribution is 0.471. The molecular weight excluding hydrogens is 200 g/mol. The predicted molar refractivity (Wildman–Crippen MR) is 62.3 cm³/mol. The average molecular weight is 210 g/mol. The monoisotopic (exact) mass is 210 g/mol. The molecule has 3 aromatic rings. The Morgan fingerprint density at radius 2 is 1.81 bits per heavy atom. The van der Waals surface area contributed by atoms with E-state index in [0.717, 1.165) is 16.8 Å². The Balaban J connectivity index is 2.19. The van der Waals surface area contributed by atoms with Crippen molar-refractivity contribution in [3.63, 3.8) is 0 Å². The molecule has 0 bridgehead atoms.